The van der Waals surface area contributed by atoms with E-state index in [-0.39, 0.29) is 0 Å². The molecule has 126 valence electrons. The minimum absolute atomic E-state index is 0.649. The molecule has 1 aromatic heterocycles. The van der Waals surface area contributed by atoms with Crippen LogP contribution in [0.15, 0.2) is 34.9 Å². The average Bonchev–Trinajstić information content (AvgIpc) is 3.37. The standard InChI is InChI=1S/C19H24N4O/c1-2-4-16(5-3-1)18-20-19(24-21-18)23-12-15-8-9-17(13-23)22(11-15)10-14-6-7-14/h1-5,14-15,17H,6-13H2/t15-,17-/m1/s1. The molecule has 1 aromatic carbocycles. The van der Waals surface area contributed by atoms with Gasteiger partial charge in [-0.15, -0.1) is 0 Å². The van der Waals surface area contributed by atoms with Gasteiger partial charge in [0.05, 0.1) is 0 Å². The number of rotatable bonds is 4. The van der Waals surface area contributed by atoms with Gasteiger partial charge < -0.3 is 9.42 Å². The van der Waals surface area contributed by atoms with Crippen LogP contribution in [0.2, 0.25) is 0 Å². The zero-order valence-corrected chi connectivity index (χ0v) is 14.0. The van der Waals surface area contributed by atoms with Gasteiger partial charge in [-0.3, -0.25) is 4.90 Å². The Morgan fingerprint density at radius 2 is 1.88 bits per heavy atom. The van der Waals surface area contributed by atoms with Gasteiger partial charge in [0.15, 0.2) is 0 Å². The number of hydrogen-bond acceptors (Lipinski definition) is 5. The maximum Gasteiger partial charge on any atom is 0.324 e. The predicted molar refractivity (Wildman–Crippen MR) is 92.8 cm³/mol. The second kappa shape index (κ2) is 5.88. The Labute approximate surface area is 142 Å². The summed E-state index contributed by atoms with van der Waals surface area (Å²) in [7, 11) is 0. The Morgan fingerprint density at radius 3 is 2.71 bits per heavy atom. The van der Waals surface area contributed by atoms with Gasteiger partial charge in [-0.1, -0.05) is 35.5 Å². The normalized spacial score (nSPS) is 27.4. The smallest absolute Gasteiger partial charge is 0.323 e. The molecule has 0 N–H and O–H groups in total. The number of piperidine rings is 1. The minimum atomic E-state index is 0.649. The first-order valence-corrected chi connectivity index (χ1v) is 9.23. The van der Waals surface area contributed by atoms with Crippen molar-refractivity contribution >= 4 is 6.01 Å². The van der Waals surface area contributed by atoms with Gasteiger partial charge in [0.1, 0.15) is 0 Å². The first-order chi connectivity index (χ1) is 11.8. The number of hydrogen-bond donors (Lipinski definition) is 0. The van der Waals surface area contributed by atoms with E-state index in [0.29, 0.717) is 17.9 Å². The quantitative estimate of drug-likeness (QED) is 0.865. The molecule has 0 amide bonds. The molecule has 5 heteroatoms. The van der Waals surface area contributed by atoms with Crippen LogP contribution in [0.3, 0.4) is 0 Å². The van der Waals surface area contributed by atoms with E-state index in [9.17, 15) is 0 Å². The summed E-state index contributed by atoms with van der Waals surface area (Å²) >= 11 is 0. The SMILES string of the molecule is c1ccc(-c2noc(N3C[C@@H]4CC[C@H](C3)N(CC3CC3)C4)n2)cc1. The van der Waals surface area contributed by atoms with E-state index < -0.39 is 0 Å². The van der Waals surface area contributed by atoms with E-state index >= 15 is 0 Å². The van der Waals surface area contributed by atoms with Crippen molar-refractivity contribution in [2.45, 2.75) is 31.7 Å². The molecule has 5 nitrogen and oxygen atoms in total. The van der Waals surface area contributed by atoms with Crippen LogP contribution in [0.4, 0.5) is 6.01 Å². The number of fused-ring (bicyclic) bond motifs is 4. The van der Waals surface area contributed by atoms with Crippen molar-refractivity contribution in [2.24, 2.45) is 11.8 Å². The zero-order valence-electron chi connectivity index (χ0n) is 14.0. The summed E-state index contributed by atoms with van der Waals surface area (Å²) in [5.74, 6) is 2.39. The third kappa shape index (κ3) is 2.81. The molecule has 1 aliphatic carbocycles. The maximum absolute atomic E-state index is 5.61. The topological polar surface area (TPSA) is 45.4 Å². The first-order valence-electron chi connectivity index (χ1n) is 9.23. The van der Waals surface area contributed by atoms with E-state index in [4.69, 9.17) is 4.52 Å². The van der Waals surface area contributed by atoms with Gasteiger partial charge in [0.2, 0.25) is 5.82 Å². The van der Waals surface area contributed by atoms with Gasteiger partial charge in [-0.05, 0) is 37.5 Å². The van der Waals surface area contributed by atoms with Crippen molar-refractivity contribution < 1.29 is 4.52 Å². The monoisotopic (exact) mass is 324 g/mol. The van der Waals surface area contributed by atoms with Crippen LogP contribution < -0.4 is 4.90 Å². The molecule has 1 saturated carbocycles. The molecule has 2 atom stereocenters. The molecule has 6 rings (SSSR count). The Balaban J connectivity index is 1.35. The van der Waals surface area contributed by atoms with Crippen LogP contribution in [0.25, 0.3) is 11.4 Å². The highest BCUT2D eigenvalue weighted by molar-refractivity contribution is 5.55. The van der Waals surface area contributed by atoms with Crippen molar-refractivity contribution in [1.29, 1.82) is 0 Å². The van der Waals surface area contributed by atoms with Gasteiger partial charge in [0.25, 0.3) is 0 Å². The van der Waals surface area contributed by atoms with Crippen LogP contribution in [-0.2, 0) is 0 Å². The third-order valence-electron chi connectivity index (χ3n) is 5.73. The summed E-state index contributed by atoms with van der Waals surface area (Å²) in [5, 5.41) is 4.20. The fourth-order valence-electron chi connectivity index (χ4n) is 4.24. The molecule has 0 unspecified atom stereocenters. The Morgan fingerprint density at radius 1 is 1.00 bits per heavy atom. The molecular formula is C19H24N4O. The molecular weight excluding hydrogens is 300 g/mol. The van der Waals surface area contributed by atoms with Gasteiger partial charge >= 0.3 is 6.01 Å². The van der Waals surface area contributed by atoms with Crippen LogP contribution >= 0.6 is 0 Å². The molecule has 4 fully saturated rings. The fraction of sp³-hybridized carbons (Fsp3) is 0.579. The summed E-state index contributed by atoms with van der Waals surface area (Å²) in [6.07, 6.45) is 5.51. The fourth-order valence-corrected chi connectivity index (χ4v) is 4.24. The zero-order chi connectivity index (χ0) is 15.9. The molecule has 0 radical (unpaired) electrons. The van der Waals surface area contributed by atoms with Crippen LogP contribution in [-0.4, -0.2) is 47.3 Å². The van der Waals surface area contributed by atoms with Gasteiger partial charge in [-0.2, -0.15) is 4.98 Å². The predicted octanol–water partition coefficient (Wildman–Crippen LogP) is 3.05. The Kier molecular flexibility index (Phi) is 3.55. The lowest BCUT2D eigenvalue weighted by Gasteiger charge is -2.36. The highest BCUT2D eigenvalue weighted by Gasteiger charge is 2.38. The second-order valence-corrected chi connectivity index (χ2v) is 7.67. The lowest BCUT2D eigenvalue weighted by Crippen LogP contribution is -2.44. The van der Waals surface area contributed by atoms with Gasteiger partial charge in [-0.25, -0.2) is 0 Å². The molecule has 24 heavy (non-hydrogen) atoms. The van der Waals surface area contributed by atoms with Gasteiger partial charge in [0, 0.05) is 37.8 Å². The van der Waals surface area contributed by atoms with Crippen molar-refractivity contribution in [1.82, 2.24) is 15.0 Å². The lowest BCUT2D eigenvalue weighted by atomic mass is 9.95. The van der Waals surface area contributed by atoms with Crippen LogP contribution in [0, 0.1) is 11.8 Å². The highest BCUT2D eigenvalue weighted by atomic mass is 16.5. The number of nitrogens with zero attached hydrogens (tertiary/aromatic N) is 4. The molecule has 3 aliphatic heterocycles. The van der Waals surface area contributed by atoms with Crippen molar-refractivity contribution in [2.75, 3.05) is 31.1 Å². The molecule has 2 bridgehead atoms. The Hall–Kier alpha value is -1.88. The van der Waals surface area contributed by atoms with E-state index in [1.54, 1.807) is 0 Å². The summed E-state index contributed by atoms with van der Waals surface area (Å²) in [5.41, 5.74) is 1.01. The first kappa shape index (κ1) is 14.5. The molecule has 3 saturated heterocycles. The third-order valence-corrected chi connectivity index (χ3v) is 5.73. The summed E-state index contributed by atoms with van der Waals surface area (Å²) in [6.45, 7) is 4.62. The van der Waals surface area contributed by atoms with Crippen molar-refractivity contribution in [3.63, 3.8) is 0 Å². The number of anilines is 1. The summed E-state index contributed by atoms with van der Waals surface area (Å²) in [6, 6.07) is 11.4. The van der Waals surface area contributed by atoms with Crippen molar-refractivity contribution in [3.8, 4) is 11.4 Å². The maximum atomic E-state index is 5.61. The molecule has 4 aliphatic rings. The van der Waals surface area contributed by atoms with E-state index in [0.717, 1.165) is 30.5 Å². The average molecular weight is 324 g/mol. The largest absolute Gasteiger partial charge is 0.324 e. The summed E-state index contributed by atoms with van der Waals surface area (Å²) < 4.78 is 5.61. The molecule has 2 aromatic rings. The van der Waals surface area contributed by atoms with E-state index in [1.165, 1.54) is 38.8 Å². The highest BCUT2D eigenvalue weighted by Crippen LogP contribution is 2.35. The van der Waals surface area contributed by atoms with Crippen molar-refractivity contribution in [3.05, 3.63) is 30.3 Å². The number of benzene rings is 1. The molecule has 0 spiro atoms. The molecule has 4 heterocycles. The summed E-state index contributed by atoms with van der Waals surface area (Å²) in [4.78, 5) is 9.73. The van der Waals surface area contributed by atoms with E-state index in [2.05, 4.69) is 19.9 Å². The number of aromatic nitrogens is 2. The minimum Gasteiger partial charge on any atom is -0.323 e. The lowest BCUT2D eigenvalue weighted by molar-refractivity contribution is 0.128. The van der Waals surface area contributed by atoms with Crippen LogP contribution in [0.5, 0.6) is 0 Å². The second-order valence-electron chi connectivity index (χ2n) is 7.67. The van der Waals surface area contributed by atoms with Crippen LogP contribution in [0.1, 0.15) is 25.7 Å². The Bertz CT molecular complexity index is 696. The van der Waals surface area contributed by atoms with E-state index in [1.807, 2.05) is 30.3 Å².